The summed E-state index contributed by atoms with van der Waals surface area (Å²) in [5.74, 6) is -1.19. The number of ether oxygens (including phenoxy) is 1. The van der Waals surface area contributed by atoms with E-state index in [-0.39, 0.29) is 27.8 Å². The molecule has 5 nitrogen and oxygen atoms in total. The number of hydrogen-bond acceptors (Lipinski definition) is 4. The lowest BCUT2D eigenvalue weighted by atomic mass is 9.91. The van der Waals surface area contributed by atoms with Crippen LogP contribution in [-0.4, -0.2) is 18.9 Å². The summed E-state index contributed by atoms with van der Waals surface area (Å²) >= 11 is 12.0. The fraction of sp³-hybridized carbons (Fsp3) is 0.250. The zero-order chi connectivity index (χ0) is 22.1. The van der Waals surface area contributed by atoms with Gasteiger partial charge in [0, 0.05) is 21.3 Å². The van der Waals surface area contributed by atoms with E-state index in [1.54, 1.807) is 26.0 Å². The summed E-state index contributed by atoms with van der Waals surface area (Å²) in [7, 11) is 0. The van der Waals surface area contributed by atoms with Gasteiger partial charge in [-0.05, 0) is 60.9 Å². The van der Waals surface area contributed by atoms with E-state index in [9.17, 15) is 18.0 Å². The number of hydrogen-bond donors (Lipinski definition) is 2. The number of benzene rings is 2. The highest BCUT2D eigenvalue weighted by Gasteiger charge is 2.46. The Kier molecular flexibility index (Phi) is 6.50. The highest BCUT2D eigenvalue weighted by molar-refractivity contribution is 6.34. The number of carbonyl (C=O) groups is 1. The van der Waals surface area contributed by atoms with E-state index in [0.717, 1.165) is 0 Å². The van der Waals surface area contributed by atoms with E-state index < -0.39 is 24.1 Å². The monoisotopic (exact) mass is 460 g/mol. The number of carbonyl (C=O) groups excluding carboxylic acids is 1. The maximum Gasteiger partial charge on any atom is 0.451 e. The molecule has 1 atom stereocenters. The van der Waals surface area contributed by atoms with Gasteiger partial charge in [0.05, 0.1) is 12.6 Å². The molecular formula is C20H17Cl2F3N2O3. The van der Waals surface area contributed by atoms with Crippen molar-refractivity contribution < 1.29 is 27.5 Å². The van der Waals surface area contributed by atoms with E-state index >= 15 is 0 Å². The molecule has 0 saturated heterocycles. The zero-order valence-electron chi connectivity index (χ0n) is 15.9. The minimum atomic E-state index is -4.75. The van der Waals surface area contributed by atoms with Crippen molar-refractivity contribution in [2.75, 3.05) is 11.9 Å². The quantitative estimate of drug-likeness (QED) is 0.552. The molecule has 2 aromatic carbocycles. The number of alkyl halides is 3. The van der Waals surface area contributed by atoms with Crippen molar-refractivity contribution >= 4 is 40.6 Å². The standard InChI is InChI=1S/C20H17Cl2F3N2O3/c1-3-29-19(28)26-15-5-10(2)4-12(8-15)17-16(18(30-27-17)20(23,24)25)11-6-13(21)9-14(22)7-11/h4-9,17,27H,3H2,1-2H3,(H,26,28). The van der Waals surface area contributed by atoms with Gasteiger partial charge in [0.1, 0.15) is 0 Å². The van der Waals surface area contributed by atoms with E-state index in [4.69, 9.17) is 32.8 Å². The van der Waals surface area contributed by atoms with Crippen molar-refractivity contribution in [2.45, 2.75) is 26.1 Å². The number of hydroxylamine groups is 1. The Balaban J connectivity index is 2.09. The van der Waals surface area contributed by atoms with Gasteiger partial charge in [-0.1, -0.05) is 29.3 Å². The van der Waals surface area contributed by atoms with Gasteiger partial charge in [-0.25, -0.2) is 4.79 Å². The van der Waals surface area contributed by atoms with Crippen molar-refractivity contribution in [1.82, 2.24) is 5.48 Å². The van der Waals surface area contributed by atoms with Crippen LogP contribution in [0.5, 0.6) is 0 Å². The topological polar surface area (TPSA) is 59.6 Å². The lowest BCUT2D eigenvalue weighted by Crippen LogP contribution is -2.18. The van der Waals surface area contributed by atoms with Gasteiger partial charge in [-0.3, -0.25) is 5.32 Å². The summed E-state index contributed by atoms with van der Waals surface area (Å²) in [6.45, 7) is 3.59. The van der Waals surface area contributed by atoms with Crippen LogP contribution in [-0.2, 0) is 9.57 Å². The van der Waals surface area contributed by atoms with Crippen molar-refractivity contribution in [2.24, 2.45) is 0 Å². The lowest BCUT2D eigenvalue weighted by molar-refractivity contribution is -0.136. The molecule has 1 aliphatic heterocycles. The third-order valence-electron chi connectivity index (χ3n) is 4.20. The minimum Gasteiger partial charge on any atom is -0.450 e. The Hall–Kier alpha value is -2.42. The molecule has 0 saturated carbocycles. The van der Waals surface area contributed by atoms with Crippen LogP contribution in [0.3, 0.4) is 0 Å². The van der Waals surface area contributed by atoms with Crippen molar-refractivity contribution in [3.05, 3.63) is 68.9 Å². The second-order valence-electron chi connectivity index (χ2n) is 6.53. The SMILES string of the molecule is CCOC(=O)Nc1cc(C)cc(C2NOC(C(F)(F)F)=C2c2cc(Cl)cc(Cl)c2)c1. The predicted octanol–water partition coefficient (Wildman–Crippen LogP) is 6.42. The second-order valence-corrected chi connectivity index (χ2v) is 7.40. The van der Waals surface area contributed by atoms with Gasteiger partial charge in [-0.15, -0.1) is 5.48 Å². The average molecular weight is 461 g/mol. The fourth-order valence-corrected chi connectivity index (χ4v) is 3.68. The van der Waals surface area contributed by atoms with E-state index in [1.165, 1.54) is 24.3 Å². The first-order valence-electron chi connectivity index (χ1n) is 8.84. The number of rotatable bonds is 4. The second kappa shape index (κ2) is 8.75. The Labute approximate surface area is 180 Å². The first kappa shape index (κ1) is 22.3. The molecule has 10 heteroatoms. The lowest BCUT2D eigenvalue weighted by Gasteiger charge is -2.17. The molecule has 3 rings (SSSR count). The number of aryl methyl sites for hydroxylation is 1. The largest absolute Gasteiger partial charge is 0.451 e. The average Bonchev–Trinajstić information content (AvgIpc) is 3.06. The molecule has 1 heterocycles. The molecular weight excluding hydrogens is 444 g/mol. The number of allylic oxidation sites excluding steroid dienone is 1. The first-order valence-corrected chi connectivity index (χ1v) is 9.59. The van der Waals surface area contributed by atoms with Crippen LogP contribution in [0.1, 0.15) is 29.7 Å². The van der Waals surface area contributed by atoms with E-state index in [0.29, 0.717) is 16.8 Å². The molecule has 2 aromatic rings. The third kappa shape index (κ3) is 5.00. The maximum absolute atomic E-state index is 13.6. The predicted molar refractivity (Wildman–Crippen MR) is 108 cm³/mol. The van der Waals surface area contributed by atoms with Crippen molar-refractivity contribution in [3.8, 4) is 0 Å². The van der Waals surface area contributed by atoms with Crippen LogP contribution in [0.2, 0.25) is 10.0 Å². The maximum atomic E-state index is 13.6. The summed E-state index contributed by atoms with van der Waals surface area (Å²) in [6, 6.07) is 8.09. The van der Waals surface area contributed by atoms with Crippen molar-refractivity contribution in [1.29, 1.82) is 0 Å². The summed E-state index contributed by atoms with van der Waals surface area (Å²) in [5.41, 5.74) is 3.94. The molecule has 1 unspecified atom stereocenters. The molecule has 30 heavy (non-hydrogen) atoms. The molecule has 0 aromatic heterocycles. The number of nitrogens with one attached hydrogen (secondary N) is 2. The summed E-state index contributed by atoms with van der Waals surface area (Å²) in [4.78, 5) is 16.6. The molecule has 0 bridgehead atoms. The van der Waals surface area contributed by atoms with Gasteiger partial charge in [0.25, 0.3) is 0 Å². The van der Waals surface area contributed by atoms with Crippen LogP contribution >= 0.6 is 23.2 Å². The van der Waals surface area contributed by atoms with Crippen LogP contribution in [0.25, 0.3) is 5.57 Å². The normalized spacial score (nSPS) is 16.4. The van der Waals surface area contributed by atoms with E-state index in [1.807, 2.05) is 0 Å². The van der Waals surface area contributed by atoms with Crippen LogP contribution < -0.4 is 10.8 Å². The first-order chi connectivity index (χ1) is 14.1. The minimum absolute atomic E-state index is 0.163. The van der Waals surface area contributed by atoms with Gasteiger partial charge in [0.15, 0.2) is 0 Å². The molecule has 0 spiro atoms. The molecule has 0 fully saturated rings. The number of anilines is 1. The Morgan fingerprint density at radius 2 is 1.83 bits per heavy atom. The molecule has 2 N–H and O–H groups in total. The fourth-order valence-electron chi connectivity index (χ4n) is 3.15. The molecule has 160 valence electrons. The highest BCUT2D eigenvalue weighted by Crippen LogP contribution is 2.45. The highest BCUT2D eigenvalue weighted by atomic mass is 35.5. The number of halogens is 5. The van der Waals surface area contributed by atoms with Crippen LogP contribution in [0.4, 0.5) is 23.7 Å². The Morgan fingerprint density at radius 3 is 2.43 bits per heavy atom. The summed E-state index contributed by atoms with van der Waals surface area (Å²) in [5, 5.41) is 2.92. The van der Waals surface area contributed by atoms with Gasteiger partial charge in [0.2, 0.25) is 5.76 Å². The van der Waals surface area contributed by atoms with Gasteiger partial charge in [-0.2, -0.15) is 13.2 Å². The molecule has 0 aliphatic carbocycles. The van der Waals surface area contributed by atoms with Crippen molar-refractivity contribution in [3.63, 3.8) is 0 Å². The summed E-state index contributed by atoms with van der Waals surface area (Å²) < 4.78 is 45.8. The third-order valence-corrected chi connectivity index (χ3v) is 4.63. The van der Waals surface area contributed by atoms with Crippen LogP contribution in [0.15, 0.2) is 42.2 Å². The molecule has 1 amide bonds. The molecule has 0 radical (unpaired) electrons. The Morgan fingerprint density at radius 1 is 1.17 bits per heavy atom. The van der Waals surface area contributed by atoms with Gasteiger partial charge < -0.3 is 9.57 Å². The number of amides is 1. The zero-order valence-corrected chi connectivity index (χ0v) is 17.4. The van der Waals surface area contributed by atoms with E-state index in [2.05, 4.69) is 10.8 Å². The van der Waals surface area contributed by atoms with Gasteiger partial charge >= 0.3 is 12.3 Å². The molecule has 1 aliphatic rings. The smallest absolute Gasteiger partial charge is 0.450 e. The summed E-state index contributed by atoms with van der Waals surface area (Å²) in [6.07, 6.45) is -5.42. The Bertz CT molecular complexity index is 989. The van der Waals surface area contributed by atoms with Crippen LogP contribution in [0, 0.1) is 6.92 Å².